The Balaban J connectivity index is 2.08. The standard InChI is InChI=1S/C10H18/c1-7(2)10-6-8-3-4-9(10)5-8/h7-10H,3-6H2,1-2H3/i7D. The summed E-state index contributed by atoms with van der Waals surface area (Å²) in [6.07, 6.45) is 5.66. The Hall–Kier alpha value is 0. The molecule has 2 saturated carbocycles. The van der Waals surface area contributed by atoms with Crippen molar-refractivity contribution in [3.8, 4) is 0 Å². The Morgan fingerprint density at radius 3 is 2.40 bits per heavy atom. The largest absolute Gasteiger partial charge is 0.0625 e. The predicted octanol–water partition coefficient (Wildman–Crippen LogP) is 3.08. The van der Waals surface area contributed by atoms with Gasteiger partial charge >= 0.3 is 0 Å². The van der Waals surface area contributed by atoms with Gasteiger partial charge in [0.1, 0.15) is 0 Å². The molecule has 0 radical (unpaired) electrons. The first-order chi connectivity index (χ1) is 5.07. The van der Waals surface area contributed by atoms with E-state index in [2.05, 4.69) is 13.8 Å². The van der Waals surface area contributed by atoms with Gasteiger partial charge in [-0.2, -0.15) is 0 Å². The number of fused-ring (bicyclic) bond motifs is 2. The van der Waals surface area contributed by atoms with Crippen LogP contribution >= 0.6 is 0 Å². The van der Waals surface area contributed by atoms with Gasteiger partial charge in [-0.15, -0.1) is 0 Å². The Labute approximate surface area is 65.4 Å². The third-order valence-electron chi connectivity index (χ3n) is 3.48. The first-order valence-corrected chi connectivity index (χ1v) is 4.57. The molecule has 2 aliphatic carbocycles. The summed E-state index contributed by atoms with van der Waals surface area (Å²) in [4.78, 5) is 0. The highest BCUT2D eigenvalue weighted by Crippen LogP contribution is 2.50. The molecular formula is C10H18. The van der Waals surface area contributed by atoms with Crippen LogP contribution in [0.25, 0.3) is 0 Å². The summed E-state index contributed by atoms with van der Waals surface area (Å²) in [5, 5.41) is 0. The highest BCUT2D eigenvalue weighted by Gasteiger charge is 2.40. The van der Waals surface area contributed by atoms with Crippen molar-refractivity contribution in [3.63, 3.8) is 0 Å². The normalized spacial score (nSPS) is 47.8. The van der Waals surface area contributed by atoms with Gasteiger partial charge in [0.15, 0.2) is 0 Å². The molecule has 10 heavy (non-hydrogen) atoms. The maximum atomic E-state index is 7.98. The zero-order valence-corrected chi connectivity index (χ0v) is 7.06. The van der Waals surface area contributed by atoms with E-state index in [1.807, 2.05) is 0 Å². The van der Waals surface area contributed by atoms with Crippen molar-refractivity contribution in [2.45, 2.75) is 39.5 Å². The van der Waals surface area contributed by atoms with Gasteiger partial charge in [0.25, 0.3) is 0 Å². The second kappa shape index (κ2) is 2.25. The van der Waals surface area contributed by atoms with E-state index in [0.717, 1.165) is 11.8 Å². The quantitative estimate of drug-likeness (QED) is 0.523. The molecule has 0 nitrogen and oxygen atoms in total. The van der Waals surface area contributed by atoms with E-state index in [9.17, 15) is 0 Å². The molecule has 0 spiro atoms. The zero-order chi connectivity index (χ0) is 8.06. The first kappa shape index (κ1) is 5.62. The molecule has 0 aliphatic heterocycles. The third-order valence-corrected chi connectivity index (χ3v) is 3.48. The highest BCUT2D eigenvalue weighted by atomic mass is 14.5. The van der Waals surface area contributed by atoms with E-state index < -0.39 is 0 Å². The molecule has 0 heterocycles. The van der Waals surface area contributed by atoms with Crippen LogP contribution in [0.1, 0.15) is 40.9 Å². The zero-order valence-electron chi connectivity index (χ0n) is 8.06. The number of hydrogen-bond acceptors (Lipinski definition) is 0. The highest BCUT2D eigenvalue weighted by molar-refractivity contribution is 4.90. The molecule has 3 unspecified atom stereocenters. The van der Waals surface area contributed by atoms with Crippen LogP contribution in [0.2, 0.25) is 0 Å². The topological polar surface area (TPSA) is 0 Å². The van der Waals surface area contributed by atoms with Gasteiger partial charge < -0.3 is 0 Å². The molecule has 0 aromatic rings. The van der Waals surface area contributed by atoms with E-state index in [-0.39, 0.29) is 5.89 Å². The first-order valence-electron chi connectivity index (χ1n) is 5.07. The van der Waals surface area contributed by atoms with Gasteiger partial charge in [-0.1, -0.05) is 20.3 Å². The lowest BCUT2D eigenvalue weighted by Crippen LogP contribution is -2.15. The molecule has 0 amide bonds. The third kappa shape index (κ3) is 0.889. The van der Waals surface area contributed by atoms with Gasteiger partial charge in [0.05, 0.1) is 0 Å². The van der Waals surface area contributed by atoms with Crippen LogP contribution in [0, 0.1) is 23.6 Å². The Kier molecular flexibility index (Phi) is 1.27. The van der Waals surface area contributed by atoms with Gasteiger partial charge in [0.2, 0.25) is 0 Å². The second-order valence-electron chi connectivity index (χ2n) is 4.36. The van der Waals surface area contributed by atoms with E-state index >= 15 is 0 Å². The number of hydrogen-bond donors (Lipinski definition) is 0. The van der Waals surface area contributed by atoms with Crippen molar-refractivity contribution < 1.29 is 1.37 Å². The molecule has 0 aromatic heterocycles. The van der Waals surface area contributed by atoms with Crippen molar-refractivity contribution in [2.75, 3.05) is 0 Å². The average Bonchev–Trinajstić information content (AvgIpc) is 2.42. The van der Waals surface area contributed by atoms with E-state index in [0.29, 0.717) is 5.92 Å². The molecule has 2 aliphatic rings. The summed E-state index contributed by atoms with van der Waals surface area (Å²) >= 11 is 0. The Morgan fingerprint density at radius 2 is 2.10 bits per heavy atom. The SMILES string of the molecule is [2H]C(C)(C)C1CC2CCC1C2. The minimum absolute atomic E-state index is 0.167. The fraction of sp³-hybridized carbons (Fsp3) is 1.00. The summed E-state index contributed by atoms with van der Waals surface area (Å²) in [7, 11) is 0. The van der Waals surface area contributed by atoms with Crippen LogP contribution in [0.3, 0.4) is 0 Å². The van der Waals surface area contributed by atoms with Crippen LogP contribution in [0.4, 0.5) is 0 Å². The van der Waals surface area contributed by atoms with Crippen LogP contribution in [-0.4, -0.2) is 0 Å². The average molecular weight is 139 g/mol. The van der Waals surface area contributed by atoms with Crippen molar-refractivity contribution in [3.05, 3.63) is 0 Å². The molecule has 0 heteroatoms. The van der Waals surface area contributed by atoms with Crippen molar-refractivity contribution >= 4 is 0 Å². The van der Waals surface area contributed by atoms with Crippen molar-refractivity contribution in [1.29, 1.82) is 0 Å². The minimum Gasteiger partial charge on any atom is -0.0625 e. The van der Waals surface area contributed by atoms with E-state index in [4.69, 9.17) is 1.37 Å². The fourth-order valence-corrected chi connectivity index (χ4v) is 2.95. The van der Waals surface area contributed by atoms with E-state index in [1.165, 1.54) is 25.7 Å². The summed E-state index contributed by atoms with van der Waals surface area (Å²) in [5.41, 5.74) is 0. The summed E-state index contributed by atoms with van der Waals surface area (Å²) in [6.45, 7) is 4.16. The van der Waals surface area contributed by atoms with Gasteiger partial charge in [-0.05, 0) is 42.9 Å². The summed E-state index contributed by atoms with van der Waals surface area (Å²) < 4.78 is 7.98. The van der Waals surface area contributed by atoms with Gasteiger partial charge in [-0.25, -0.2) is 0 Å². The van der Waals surface area contributed by atoms with Crippen LogP contribution in [0.15, 0.2) is 0 Å². The van der Waals surface area contributed by atoms with Gasteiger partial charge in [-0.3, -0.25) is 0 Å². The van der Waals surface area contributed by atoms with Crippen LogP contribution in [0.5, 0.6) is 0 Å². The van der Waals surface area contributed by atoms with E-state index in [1.54, 1.807) is 0 Å². The lowest BCUT2D eigenvalue weighted by atomic mass is 9.81. The fourth-order valence-electron chi connectivity index (χ4n) is 2.95. The molecule has 0 saturated heterocycles. The Morgan fingerprint density at radius 1 is 1.30 bits per heavy atom. The molecular weight excluding hydrogens is 120 g/mol. The van der Waals surface area contributed by atoms with Crippen molar-refractivity contribution in [1.82, 2.24) is 0 Å². The lowest BCUT2D eigenvalue weighted by molar-refractivity contribution is 0.256. The molecule has 2 bridgehead atoms. The summed E-state index contributed by atoms with van der Waals surface area (Å²) in [6, 6.07) is 0. The maximum absolute atomic E-state index is 7.98. The van der Waals surface area contributed by atoms with Crippen LogP contribution in [-0.2, 0) is 0 Å². The predicted molar refractivity (Wildman–Crippen MR) is 43.8 cm³/mol. The number of rotatable bonds is 1. The Bertz CT molecular complexity index is 157. The molecule has 3 atom stereocenters. The smallest absolute Gasteiger partial charge is 0.0300 e. The minimum atomic E-state index is -0.167. The molecule has 58 valence electrons. The molecule has 0 aromatic carbocycles. The maximum Gasteiger partial charge on any atom is 0.0300 e. The molecule has 2 fully saturated rings. The summed E-state index contributed by atoms with van der Waals surface area (Å²) in [5.74, 6) is 2.45. The lowest BCUT2D eigenvalue weighted by Gasteiger charge is -2.24. The molecule has 0 N–H and O–H groups in total. The van der Waals surface area contributed by atoms with Gasteiger partial charge in [0, 0.05) is 1.37 Å². The second-order valence-corrected chi connectivity index (χ2v) is 4.36. The van der Waals surface area contributed by atoms with Crippen molar-refractivity contribution in [2.24, 2.45) is 23.6 Å². The monoisotopic (exact) mass is 139 g/mol. The van der Waals surface area contributed by atoms with Crippen LogP contribution < -0.4 is 0 Å². The molecule has 2 rings (SSSR count).